The lowest BCUT2D eigenvalue weighted by Crippen LogP contribution is -2.39. The number of hydrogen-bond donors (Lipinski definition) is 1. The molecule has 1 atom stereocenters. The Morgan fingerprint density at radius 3 is 2.65 bits per heavy atom. The summed E-state index contributed by atoms with van der Waals surface area (Å²) in [6.45, 7) is 1.18. The molecule has 1 amide bonds. The van der Waals surface area contributed by atoms with Crippen molar-refractivity contribution >= 4 is 11.6 Å². The van der Waals surface area contributed by atoms with Crippen molar-refractivity contribution in [2.75, 3.05) is 25.1 Å². The molecule has 6 heteroatoms. The van der Waals surface area contributed by atoms with Gasteiger partial charge < -0.3 is 19.5 Å². The number of nitrogens with one attached hydrogen (secondary N) is 1. The highest BCUT2D eigenvalue weighted by Crippen LogP contribution is 2.23. The molecule has 1 aliphatic rings. The van der Waals surface area contributed by atoms with E-state index in [0.717, 1.165) is 0 Å². The molecule has 0 aliphatic carbocycles. The first kappa shape index (κ1) is 15.5. The van der Waals surface area contributed by atoms with Crippen molar-refractivity contribution in [2.45, 2.75) is 6.10 Å². The van der Waals surface area contributed by atoms with E-state index in [0.29, 0.717) is 30.4 Å². The van der Waals surface area contributed by atoms with E-state index in [2.05, 4.69) is 5.32 Å². The number of hydrogen-bond acceptors (Lipinski definition) is 4. The molecule has 120 valence electrons. The van der Waals surface area contributed by atoms with Gasteiger partial charge in [0.15, 0.2) is 6.10 Å². The maximum absolute atomic E-state index is 13.1. The molecular weight excluding hydrogens is 301 g/mol. The lowest BCUT2D eigenvalue weighted by Gasteiger charge is -2.22. The van der Waals surface area contributed by atoms with Crippen LogP contribution in [0.15, 0.2) is 48.5 Å². The Morgan fingerprint density at radius 1 is 1.13 bits per heavy atom. The van der Waals surface area contributed by atoms with Gasteiger partial charge in [-0.2, -0.15) is 0 Å². The molecule has 0 bridgehead atoms. The van der Waals surface area contributed by atoms with Crippen LogP contribution in [0.25, 0.3) is 0 Å². The van der Waals surface area contributed by atoms with Crippen LogP contribution in [0, 0.1) is 5.82 Å². The fourth-order valence-corrected chi connectivity index (χ4v) is 2.13. The van der Waals surface area contributed by atoms with Crippen molar-refractivity contribution in [2.24, 2.45) is 0 Å². The molecule has 2 aromatic rings. The highest BCUT2D eigenvalue weighted by Gasteiger charge is 2.22. The number of amides is 1. The van der Waals surface area contributed by atoms with E-state index in [1.807, 2.05) is 0 Å². The maximum atomic E-state index is 13.1. The van der Waals surface area contributed by atoms with Crippen LogP contribution < -0.4 is 10.1 Å². The summed E-state index contributed by atoms with van der Waals surface area (Å²) in [6.07, 6.45) is -0.591. The first-order valence-electron chi connectivity index (χ1n) is 7.24. The summed E-state index contributed by atoms with van der Waals surface area (Å²) in [5.41, 5.74) is 0.621. The number of ether oxygens (including phenoxy) is 3. The minimum absolute atomic E-state index is 0.247. The lowest BCUT2D eigenvalue weighted by atomic mass is 10.2. The second-order valence-electron chi connectivity index (χ2n) is 5.01. The molecule has 0 unspecified atom stereocenters. The van der Waals surface area contributed by atoms with E-state index in [9.17, 15) is 9.18 Å². The molecule has 0 radical (unpaired) electrons. The van der Waals surface area contributed by atoms with Crippen molar-refractivity contribution in [3.05, 3.63) is 54.3 Å². The van der Waals surface area contributed by atoms with Gasteiger partial charge in [0.25, 0.3) is 5.91 Å². The number of benzene rings is 2. The first-order valence-corrected chi connectivity index (χ1v) is 7.24. The van der Waals surface area contributed by atoms with Crippen molar-refractivity contribution < 1.29 is 23.4 Å². The molecule has 0 saturated carbocycles. The molecule has 1 aliphatic heterocycles. The molecule has 1 fully saturated rings. The monoisotopic (exact) mass is 317 g/mol. The molecule has 0 aromatic heterocycles. The summed E-state index contributed by atoms with van der Waals surface area (Å²) in [5, 5.41) is 2.75. The van der Waals surface area contributed by atoms with Gasteiger partial charge in [-0.25, -0.2) is 4.39 Å². The van der Waals surface area contributed by atoms with Crippen LogP contribution in [0.3, 0.4) is 0 Å². The maximum Gasteiger partial charge on any atom is 0.255 e. The van der Waals surface area contributed by atoms with Crippen LogP contribution in [0.2, 0.25) is 0 Å². The highest BCUT2D eigenvalue weighted by molar-refractivity contribution is 5.94. The van der Waals surface area contributed by atoms with E-state index in [1.54, 1.807) is 36.4 Å². The molecular formula is C17H16FNO4. The smallest absolute Gasteiger partial charge is 0.255 e. The third kappa shape index (κ3) is 4.28. The summed E-state index contributed by atoms with van der Waals surface area (Å²) in [4.78, 5) is 12.0. The Kier molecular flexibility index (Phi) is 4.85. The number of anilines is 1. The van der Waals surface area contributed by atoms with Crippen LogP contribution in [0.4, 0.5) is 10.1 Å². The molecule has 1 heterocycles. The Balaban J connectivity index is 1.59. The standard InChI is InChI=1S/C17H16FNO4/c18-12-2-1-3-15(10-12)23-14-6-4-13(5-7-14)19-17(20)16-11-21-8-9-22-16/h1-7,10,16H,8-9,11H2,(H,19,20)/t16-/m0/s1. The van der Waals surface area contributed by atoms with Gasteiger partial charge in [0.1, 0.15) is 17.3 Å². The topological polar surface area (TPSA) is 56.8 Å². The van der Waals surface area contributed by atoms with E-state index in [4.69, 9.17) is 14.2 Å². The second kappa shape index (κ2) is 7.21. The van der Waals surface area contributed by atoms with Gasteiger partial charge in [-0.15, -0.1) is 0 Å². The van der Waals surface area contributed by atoms with E-state index < -0.39 is 6.10 Å². The summed E-state index contributed by atoms with van der Waals surface area (Å²) in [5.74, 6) is 0.352. The van der Waals surface area contributed by atoms with Gasteiger partial charge >= 0.3 is 0 Å². The minimum Gasteiger partial charge on any atom is -0.457 e. The van der Waals surface area contributed by atoms with Gasteiger partial charge in [0.05, 0.1) is 19.8 Å². The Morgan fingerprint density at radius 2 is 1.96 bits per heavy atom. The molecule has 1 saturated heterocycles. The third-order valence-corrected chi connectivity index (χ3v) is 3.26. The summed E-state index contributed by atoms with van der Waals surface area (Å²) >= 11 is 0. The summed E-state index contributed by atoms with van der Waals surface area (Å²) < 4.78 is 29.2. The molecule has 0 spiro atoms. The quantitative estimate of drug-likeness (QED) is 0.942. The zero-order valence-corrected chi connectivity index (χ0v) is 12.3. The second-order valence-corrected chi connectivity index (χ2v) is 5.01. The van der Waals surface area contributed by atoms with Crippen LogP contribution in [0.1, 0.15) is 0 Å². The Labute approximate surface area is 133 Å². The zero-order chi connectivity index (χ0) is 16.1. The number of carbonyl (C=O) groups is 1. The van der Waals surface area contributed by atoms with Gasteiger partial charge in [-0.05, 0) is 36.4 Å². The van der Waals surface area contributed by atoms with Crippen LogP contribution in [-0.4, -0.2) is 31.8 Å². The fourth-order valence-electron chi connectivity index (χ4n) is 2.13. The molecule has 5 nitrogen and oxygen atoms in total. The average molecular weight is 317 g/mol. The molecule has 1 N–H and O–H groups in total. The number of halogens is 1. The normalized spacial score (nSPS) is 17.5. The fraction of sp³-hybridized carbons (Fsp3) is 0.235. The third-order valence-electron chi connectivity index (χ3n) is 3.26. The van der Waals surface area contributed by atoms with Gasteiger partial charge in [0, 0.05) is 11.8 Å². The SMILES string of the molecule is O=C(Nc1ccc(Oc2cccc(F)c2)cc1)[C@@H]1COCCO1. The summed E-state index contributed by atoms with van der Waals surface area (Å²) in [6, 6.07) is 12.7. The molecule has 2 aromatic carbocycles. The Bertz CT molecular complexity index is 669. The van der Waals surface area contributed by atoms with E-state index in [1.165, 1.54) is 12.1 Å². The summed E-state index contributed by atoms with van der Waals surface area (Å²) in [7, 11) is 0. The zero-order valence-electron chi connectivity index (χ0n) is 12.3. The molecule has 23 heavy (non-hydrogen) atoms. The predicted octanol–water partition coefficient (Wildman–Crippen LogP) is 2.97. The van der Waals surface area contributed by atoms with E-state index in [-0.39, 0.29) is 18.3 Å². The van der Waals surface area contributed by atoms with Crippen molar-refractivity contribution in [3.8, 4) is 11.5 Å². The van der Waals surface area contributed by atoms with Gasteiger partial charge in [0.2, 0.25) is 0 Å². The predicted molar refractivity (Wildman–Crippen MR) is 82.1 cm³/mol. The highest BCUT2D eigenvalue weighted by atomic mass is 19.1. The van der Waals surface area contributed by atoms with Crippen LogP contribution in [-0.2, 0) is 14.3 Å². The number of rotatable bonds is 4. The van der Waals surface area contributed by atoms with Crippen molar-refractivity contribution in [3.63, 3.8) is 0 Å². The van der Waals surface area contributed by atoms with Crippen LogP contribution >= 0.6 is 0 Å². The van der Waals surface area contributed by atoms with Crippen molar-refractivity contribution in [1.29, 1.82) is 0 Å². The van der Waals surface area contributed by atoms with Gasteiger partial charge in [-0.1, -0.05) is 6.07 Å². The first-order chi connectivity index (χ1) is 11.2. The number of carbonyl (C=O) groups excluding carboxylic acids is 1. The van der Waals surface area contributed by atoms with E-state index >= 15 is 0 Å². The lowest BCUT2D eigenvalue weighted by molar-refractivity contribution is -0.142. The van der Waals surface area contributed by atoms with Crippen LogP contribution in [0.5, 0.6) is 11.5 Å². The largest absolute Gasteiger partial charge is 0.457 e. The molecule has 3 rings (SSSR count). The van der Waals surface area contributed by atoms with Gasteiger partial charge in [-0.3, -0.25) is 4.79 Å². The minimum atomic E-state index is -0.591. The Hall–Kier alpha value is -2.44. The van der Waals surface area contributed by atoms with Crippen molar-refractivity contribution in [1.82, 2.24) is 0 Å². The average Bonchev–Trinajstić information content (AvgIpc) is 2.57.